The number of aliphatic imine (C=N–C) groups is 1. The summed E-state index contributed by atoms with van der Waals surface area (Å²) in [6.07, 6.45) is 5.42. The van der Waals surface area contributed by atoms with Gasteiger partial charge in [-0.3, -0.25) is 0 Å². The Morgan fingerprint density at radius 2 is 1.97 bits per heavy atom. The molecule has 7 nitrogen and oxygen atoms in total. The number of halogens is 1. The largest absolute Gasteiger partial charge is 0.372 e. The van der Waals surface area contributed by atoms with Crippen LogP contribution in [0.4, 0.5) is 5.82 Å². The normalized spacial score (nSPS) is 18.6. The van der Waals surface area contributed by atoms with Gasteiger partial charge in [-0.25, -0.2) is 9.98 Å². The molecule has 2 atom stereocenters. The van der Waals surface area contributed by atoms with Gasteiger partial charge < -0.3 is 25.3 Å². The number of nitrogens with one attached hydrogen (secondary N) is 3. The van der Waals surface area contributed by atoms with Gasteiger partial charge in [-0.2, -0.15) is 0 Å². The first-order chi connectivity index (χ1) is 16.0. The van der Waals surface area contributed by atoms with Crippen molar-refractivity contribution in [2.24, 2.45) is 4.99 Å². The minimum atomic E-state index is 0. The zero-order chi connectivity index (χ0) is 23.2. The van der Waals surface area contributed by atoms with Crippen LogP contribution in [0.2, 0.25) is 0 Å². The van der Waals surface area contributed by atoms with Gasteiger partial charge in [-0.1, -0.05) is 18.2 Å². The third-order valence-corrected chi connectivity index (χ3v) is 5.93. The molecular formula is C26H37IN6O. The highest BCUT2D eigenvalue weighted by Crippen LogP contribution is 2.20. The molecule has 2 unspecified atom stereocenters. The van der Waals surface area contributed by atoms with Gasteiger partial charge >= 0.3 is 0 Å². The smallest absolute Gasteiger partial charge is 0.191 e. The van der Waals surface area contributed by atoms with Crippen molar-refractivity contribution in [1.82, 2.24) is 20.6 Å². The summed E-state index contributed by atoms with van der Waals surface area (Å²) >= 11 is 0. The number of aromatic nitrogens is 2. The lowest BCUT2D eigenvalue weighted by molar-refractivity contribution is -0.00545. The van der Waals surface area contributed by atoms with Gasteiger partial charge in [0.1, 0.15) is 5.82 Å². The number of aryl methyl sites for hydroxylation is 1. The average Bonchev–Trinajstić information content (AvgIpc) is 3.19. The van der Waals surface area contributed by atoms with Crippen LogP contribution in [0.3, 0.4) is 0 Å². The van der Waals surface area contributed by atoms with Crippen LogP contribution in [0.25, 0.3) is 10.9 Å². The Morgan fingerprint density at radius 1 is 1.18 bits per heavy atom. The van der Waals surface area contributed by atoms with Crippen LogP contribution in [0.5, 0.6) is 0 Å². The number of morpholine rings is 1. The highest BCUT2D eigenvalue weighted by atomic mass is 127. The van der Waals surface area contributed by atoms with Crippen LogP contribution in [0.15, 0.2) is 47.7 Å². The summed E-state index contributed by atoms with van der Waals surface area (Å²) in [6, 6.07) is 10.8. The average molecular weight is 577 g/mol. The van der Waals surface area contributed by atoms with Crippen molar-refractivity contribution in [2.45, 2.75) is 52.9 Å². The van der Waals surface area contributed by atoms with Gasteiger partial charge in [0.15, 0.2) is 5.96 Å². The van der Waals surface area contributed by atoms with E-state index in [0.29, 0.717) is 6.54 Å². The maximum absolute atomic E-state index is 5.83. The lowest BCUT2D eigenvalue weighted by atomic mass is 10.1. The first-order valence-electron chi connectivity index (χ1n) is 12.0. The Kier molecular flexibility index (Phi) is 9.58. The summed E-state index contributed by atoms with van der Waals surface area (Å²) in [5.41, 5.74) is 4.88. The molecule has 1 aromatic carbocycles. The van der Waals surface area contributed by atoms with Gasteiger partial charge in [0.2, 0.25) is 0 Å². The van der Waals surface area contributed by atoms with Crippen LogP contribution >= 0.6 is 24.0 Å². The van der Waals surface area contributed by atoms with Gasteiger partial charge in [-0.05, 0) is 62.9 Å². The second kappa shape index (κ2) is 12.4. The molecule has 8 heteroatoms. The Hall–Kier alpha value is -2.33. The second-order valence-corrected chi connectivity index (χ2v) is 8.92. The Labute approximate surface area is 219 Å². The number of anilines is 1. The van der Waals surface area contributed by atoms with E-state index in [0.717, 1.165) is 49.9 Å². The quantitative estimate of drug-likeness (QED) is 0.221. The van der Waals surface area contributed by atoms with E-state index < -0.39 is 0 Å². The molecule has 1 fully saturated rings. The summed E-state index contributed by atoms with van der Waals surface area (Å²) in [6.45, 7) is 12.4. The minimum absolute atomic E-state index is 0. The van der Waals surface area contributed by atoms with Crippen LogP contribution in [-0.2, 0) is 17.7 Å². The first kappa shape index (κ1) is 26.3. The number of ether oxygens (including phenoxy) is 1. The van der Waals surface area contributed by atoms with E-state index in [4.69, 9.17) is 9.73 Å². The predicted molar refractivity (Wildman–Crippen MR) is 151 cm³/mol. The molecule has 34 heavy (non-hydrogen) atoms. The number of benzene rings is 1. The summed E-state index contributed by atoms with van der Waals surface area (Å²) in [7, 11) is 0. The van der Waals surface area contributed by atoms with Crippen molar-refractivity contribution in [3.8, 4) is 0 Å². The number of H-pyrrole nitrogens is 1. The van der Waals surface area contributed by atoms with E-state index in [9.17, 15) is 0 Å². The number of rotatable bonds is 7. The second-order valence-electron chi connectivity index (χ2n) is 8.92. The molecule has 1 aliphatic heterocycles. The van der Waals surface area contributed by atoms with Gasteiger partial charge in [-0.15, -0.1) is 24.0 Å². The van der Waals surface area contributed by atoms with Crippen LogP contribution < -0.4 is 15.5 Å². The van der Waals surface area contributed by atoms with Gasteiger partial charge in [0.25, 0.3) is 0 Å². The van der Waals surface area contributed by atoms with Crippen molar-refractivity contribution in [3.05, 3.63) is 59.4 Å². The number of nitrogens with zero attached hydrogens (tertiary/aromatic N) is 3. The molecule has 184 valence electrons. The minimum Gasteiger partial charge on any atom is -0.372 e. The van der Waals surface area contributed by atoms with E-state index in [-0.39, 0.29) is 36.2 Å². The number of pyridine rings is 1. The summed E-state index contributed by atoms with van der Waals surface area (Å²) in [4.78, 5) is 15.1. The predicted octanol–water partition coefficient (Wildman–Crippen LogP) is 4.40. The van der Waals surface area contributed by atoms with E-state index in [2.05, 4.69) is 89.7 Å². The molecule has 0 saturated carbocycles. The number of hydrogen-bond acceptors (Lipinski definition) is 4. The fraction of sp³-hybridized carbons (Fsp3) is 0.462. The molecule has 4 rings (SSSR count). The van der Waals surface area contributed by atoms with E-state index >= 15 is 0 Å². The molecular weight excluding hydrogens is 539 g/mol. The molecule has 0 spiro atoms. The molecule has 0 radical (unpaired) electrons. The molecule has 2 aromatic heterocycles. The topological polar surface area (TPSA) is 77.6 Å². The van der Waals surface area contributed by atoms with Crippen molar-refractivity contribution >= 4 is 46.7 Å². The molecule has 3 aromatic rings. The summed E-state index contributed by atoms with van der Waals surface area (Å²) < 4.78 is 5.83. The molecule has 1 aliphatic rings. The van der Waals surface area contributed by atoms with E-state index in [1.807, 2.05) is 6.20 Å². The Morgan fingerprint density at radius 3 is 2.68 bits per heavy atom. The van der Waals surface area contributed by atoms with E-state index in [1.54, 1.807) is 0 Å². The maximum Gasteiger partial charge on any atom is 0.191 e. The molecule has 1 saturated heterocycles. The lowest BCUT2D eigenvalue weighted by Gasteiger charge is -2.36. The first-order valence-corrected chi connectivity index (χ1v) is 12.0. The fourth-order valence-corrected chi connectivity index (χ4v) is 4.40. The molecule has 0 aliphatic carbocycles. The van der Waals surface area contributed by atoms with Gasteiger partial charge in [0.05, 0.1) is 18.8 Å². The standard InChI is InChI=1S/C26H36N6O.HI/c1-5-27-26(28-11-10-22-15-29-24-12-18(2)6-8-23(22)24)31-14-21-7-9-25(30-13-21)32-16-19(3)33-20(4)17-32;/h6-9,12-13,15,19-20,29H,5,10-11,14,16-17H2,1-4H3,(H2,27,28,31);1H. The van der Waals surface area contributed by atoms with Crippen LogP contribution in [-0.4, -0.2) is 54.3 Å². The Bertz CT molecular complexity index is 1070. The molecule has 3 heterocycles. The summed E-state index contributed by atoms with van der Waals surface area (Å²) in [5.74, 6) is 1.83. The molecule has 3 N–H and O–H groups in total. The number of guanidine groups is 1. The highest BCUT2D eigenvalue weighted by Gasteiger charge is 2.22. The molecule has 0 bridgehead atoms. The van der Waals surface area contributed by atoms with Crippen molar-refractivity contribution in [2.75, 3.05) is 31.1 Å². The van der Waals surface area contributed by atoms with E-state index in [1.165, 1.54) is 22.0 Å². The third-order valence-electron chi connectivity index (χ3n) is 5.93. The zero-order valence-electron chi connectivity index (χ0n) is 20.6. The van der Waals surface area contributed by atoms with Crippen molar-refractivity contribution in [1.29, 1.82) is 0 Å². The SMILES string of the molecule is CCNC(=NCc1ccc(N2CC(C)OC(C)C2)nc1)NCCc1c[nH]c2cc(C)ccc12.I. The lowest BCUT2D eigenvalue weighted by Crippen LogP contribution is -2.45. The Balaban J connectivity index is 0.00000324. The monoisotopic (exact) mass is 576 g/mol. The number of aromatic amines is 1. The van der Waals surface area contributed by atoms with Crippen molar-refractivity contribution in [3.63, 3.8) is 0 Å². The fourth-order valence-electron chi connectivity index (χ4n) is 4.40. The number of hydrogen-bond donors (Lipinski definition) is 3. The van der Waals surface area contributed by atoms with Crippen LogP contribution in [0, 0.1) is 6.92 Å². The highest BCUT2D eigenvalue weighted by molar-refractivity contribution is 14.0. The molecule has 0 amide bonds. The van der Waals surface area contributed by atoms with Crippen molar-refractivity contribution < 1.29 is 4.74 Å². The van der Waals surface area contributed by atoms with Gasteiger partial charge in [0, 0.05) is 49.5 Å². The maximum atomic E-state index is 5.83. The summed E-state index contributed by atoms with van der Waals surface area (Å²) in [5, 5.41) is 8.09. The zero-order valence-corrected chi connectivity index (χ0v) is 22.9. The third kappa shape index (κ3) is 6.85. The van der Waals surface area contributed by atoms with Crippen LogP contribution in [0.1, 0.15) is 37.5 Å². The number of fused-ring (bicyclic) bond motifs is 1.